The highest BCUT2D eigenvalue weighted by molar-refractivity contribution is 5.92. The minimum absolute atomic E-state index is 0.0144. The van der Waals surface area contributed by atoms with Crippen LogP contribution in [0.25, 0.3) is 0 Å². The van der Waals surface area contributed by atoms with Gasteiger partial charge in [0.25, 0.3) is 5.91 Å². The number of aromatic nitrogens is 1. The number of carbonyl (C=O) groups is 2. The van der Waals surface area contributed by atoms with E-state index in [2.05, 4.69) is 10.3 Å². The molecule has 1 aromatic rings. The van der Waals surface area contributed by atoms with Crippen LogP contribution in [0.15, 0.2) is 18.3 Å². The molecule has 2 amide bonds. The molecule has 2 aliphatic heterocycles. The number of carbonyl (C=O) groups excluding carboxylic acids is 2. The molecule has 0 radical (unpaired) electrons. The van der Waals surface area contributed by atoms with Crippen LogP contribution in [-0.2, 0) is 4.74 Å². The summed E-state index contributed by atoms with van der Waals surface area (Å²) in [7, 11) is 0. The zero-order chi connectivity index (χ0) is 20.6. The maximum atomic E-state index is 13.2. The number of alkyl carbamates (subject to hydrolysis) is 1. The molecule has 0 spiro atoms. The Hall–Kier alpha value is -2.22. The average molecular weight is 393 g/mol. The molecule has 7 nitrogen and oxygen atoms in total. The summed E-state index contributed by atoms with van der Waals surface area (Å²) in [5, 5.41) is 13.8. The molecule has 28 heavy (non-hydrogen) atoms. The fourth-order valence-electron chi connectivity index (χ4n) is 4.26. The van der Waals surface area contributed by atoms with Gasteiger partial charge in [-0.2, -0.15) is 0 Å². The fraction of sp³-hybridized carbons (Fsp3) is 0.650. The minimum Gasteiger partial charge on any atom is -0.444 e. The van der Waals surface area contributed by atoms with Crippen LogP contribution in [-0.4, -0.2) is 57.3 Å². The number of piperidine rings is 1. The highest BCUT2D eigenvalue weighted by Crippen LogP contribution is 2.37. The van der Waals surface area contributed by atoms with E-state index >= 15 is 0 Å². The topological polar surface area (TPSA) is 91.8 Å². The maximum Gasteiger partial charge on any atom is 0.407 e. The lowest BCUT2D eigenvalue weighted by molar-refractivity contribution is -0.00277. The van der Waals surface area contributed by atoms with E-state index in [1.807, 2.05) is 6.92 Å². The normalized spacial score (nSPS) is 29.9. The largest absolute Gasteiger partial charge is 0.444 e. The van der Waals surface area contributed by atoms with Gasteiger partial charge in [-0.05, 0) is 57.6 Å². The summed E-state index contributed by atoms with van der Waals surface area (Å²) in [6, 6.07) is 1.49. The first kappa shape index (κ1) is 20.5. The molecule has 2 saturated heterocycles. The summed E-state index contributed by atoms with van der Waals surface area (Å²) in [6.07, 6.45) is 1.05. The zero-order valence-corrected chi connectivity index (χ0v) is 16.7. The smallest absolute Gasteiger partial charge is 0.407 e. The number of nitrogens with one attached hydrogen (secondary N) is 1. The third-order valence-electron chi connectivity index (χ3n) is 5.36. The lowest BCUT2D eigenvalue weighted by atomic mass is 9.89. The first-order valence-electron chi connectivity index (χ1n) is 9.65. The second kappa shape index (κ2) is 7.66. The van der Waals surface area contributed by atoms with Crippen molar-refractivity contribution in [2.75, 3.05) is 6.54 Å². The van der Waals surface area contributed by atoms with Gasteiger partial charge in [-0.25, -0.2) is 14.2 Å². The van der Waals surface area contributed by atoms with E-state index in [0.717, 1.165) is 12.6 Å². The summed E-state index contributed by atoms with van der Waals surface area (Å²) in [6.45, 7) is 7.75. The van der Waals surface area contributed by atoms with Crippen LogP contribution in [0.2, 0.25) is 0 Å². The van der Waals surface area contributed by atoms with Gasteiger partial charge in [-0.3, -0.25) is 4.79 Å². The van der Waals surface area contributed by atoms with E-state index in [-0.39, 0.29) is 23.4 Å². The second-order valence-electron chi connectivity index (χ2n) is 8.87. The molecule has 1 aromatic heterocycles. The maximum absolute atomic E-state index is 13.2. The number of hydrogen-bond donors (Lipinski definition) is 2. The lowest BCUT2D eigenvalue weighted by Crippen LogP contribution is -2.62. The summed E-state index contributed by atoms with van der Waals surface area (Å²) >= 11 is 0. The Morgan fingerprint density at radius 3 is 2.64 bits per heavy atom. The molecule has 154 valence electrons. The van der Waals surface area contributed by atoms with Gasteiger partial charge < -0.3 is 20.1 Å². The molecule has 0 aromatic carbocycles. The van der Waals surface area contributed by atoms with Crippen LogP contribution in [0.4, 0.5) is 9.18 Å². The molecule has 1 aliphatic carbocycles. The number of aliphatic hydroxyl groups excluding tert-OH is 1. The molecule has 4 rings (SSSR count). The molecule has 2 N–H and O–H groups in total. The number of pyridine rings is 1. The van der Waals surface area contributed by atoms with E-state index in [1.165, 1.54) is 12.1 Å². The summed E-state index contributed by atoms with van der Waals surface area (Å²) in [5.41, 5.74) is -0.530. The molecular formula is C20H28FN3O4. The van der Waals surface area contributed by atoms with E-state index in [4.69, 9.17) is 4.74 Å². The predicted molar refractivity (Wildman–Crippen MR) is 100 cm³/mol. The van der Waals surface area contributed by atoms with E-state index in [1.54, 1.807) is 25.7 Å². The van der Waals surface area contributed by atoms with Crippen molar-refractivity contribution >= 4 is 12.0 Å². The zero-order valence-electron chi connectivity index (χ0n) is 16.7. The second-order valence-corrected chi connectivity index (χ2v) is 8.87. The van der Waals surface area contributed by atoms with Crippen molar-refractivity contribution < 1.29 is 23.8 Å². The summed E-state index contributed by atoms with van der Waals surface area (Å²) in [4.78, 5) is 30.8. The minimum atomic E-state index is -0.795. The monoisotopic (exact) mass is 393 g/mol. The molecular weight excluding hydrogens is 365 g/mol. The first-order chi connectivity index (χ1) is 13.0. The summed E-state index contributed by atoms with van der Waals surface area (Å²) < 4.78 is 18.5. The predicted octanol–water partition coefficient (Wildman–Crippen LogP) is 2.35. The summed E-state index contributed by atoms with van der Waals surface area (Å²) in [5.74, 6) is -0.780. The van der Waals surface area contributed by atoms with Crippen molar-refractivity contribution in [3.05, 3.63) is 29.8 Å². The average Bonchev–Trinajstić information content (AvgIpc) is 2.77. The molecule has 8 heteroatoms. The molecule has 2 bridgehead atoms. The van der Waals surface area contributed by atoms with Gasteiger partial charge >= 0.3 is 6.09 Å². The Kier molecular flexibility index (Phi) is 5.61. The fourth-order valence-corrected chi connectivity index (χ4v) is 4.26. The van der Waals surface area contributed by atoms with Crippen LogP contribution in [0.5, 0.6) is 0 Å². The van der Waals surface area contributed by atoms with Gasteiger partial charge in [0.15, 0.2) is 0 Å². The highest BCUT2D eigenvalue weighted by Gasteiger charge is 2.48. The Morgan fingerprint density at radius 1 is 1.32 bits per heavy atom. The van der Waals surface area contributed by atoms with Crippen LogP contribution in [0, 0.1) is 17.7 Å². The Labute approximate surface area is 164 Å². The number of halogens is 1. The third-order valence-corrected chi connectivity index (χ3v) is 5.36. The first-order valence-corrected chi connectivity index (χ1v) is 9.65. The van der Waals surface area contributed by atoms with E-state index in [9.17, 15) is 19.1 Å². The van der Waals surface area contributed by atoms with Crippen molar-refractivity contribution in [3.63, 3.8) is 0 Å². The molecule has 3 heterocycles. The van der Waals surface area contributed by atoms with Crippen molar-refractivity contribution in [1.82, 2.24) is 15.2 Å². The van der Waals surface area contributed by atoms with E-state index in [0.29, 0.717) is 13.0 Å². The molecule has 3 aliphatic rings. The van der Waals surface area contributed by atoms with Crippen molar-refractivity contribution in [3.8, 4) is 0 Å². The van der Waals surface area contributed by atoms with Crippen LogP contribution in [0.1, 0.15) is 51.0 Å². The van der Waals surface area contributed by atoms with Gasteiger partial charge in [0.1, 0.15) is 17.1 Å². The van der Waals surface area contributed by atoms with Crippen LogP contribution in [0.3, 0.4) is 0 Å². The van der Waals surface area contributed by atoms with Crippen molar-refractivity contribution in [1.29, 1.82) is 0 Å². The van der Waals surface area contributed by atoms with E-state index < -0.39 is 35.7 Å². The van der Waals surface area contributed by atoms with Crippen LogP contribution >= 0.6 is 0 Å². The molecule has 5 atom stereocenters. The molecule has 1 saturated carbocycles. The number of hydrogen-bond acceptors (Lipinski definition) is 5. The Bertz CT molecular complexity index is 734. The quantitative estimate of drug-likeness (QED) is 0.805. The van der Waals surface area contributed by atoms with Crippen LogP contribution < -0.4 is 5.32 Å². The standard InChI is InChI=1S/C20H28FN3O4/c1-11-7-12-8-15(23-19(27)28-20(2,3)4)16(17(11)25)24(10-12)18(26)14-6-5-13(21)9-22-14/h5-6,9,11-12,15-17,25H,7-8,10H2,1-4H3,(H,23,27)/t11-,12-,15+,16+,17-/m1/s1. The number of rotatable bonds is 2. The van der Waals surface area contributed by atoms with Gasteiger partial charge in [0, 0.05) is 6.54 Å². The van der Waals surface area contributed by atoms with Gasteiger partial charge in [0.2, 0.25) is 0 Å². The Morgan fingerprint density at radius 2 is 2.04 bits per heavy atom. The highest BCUT2D eigenvalue weighted by atomic mass is 19.1. The third kappa shape index (κ3) is 4.43. The van der Waals surface area contributed by atoms with Crippen molar-refractivity contribution in [2.24, 2.45) is 11.8 Å². The number of nitrogens with zero attached hydrogens (tertiary/aromatic N) is 2. The van der Waals surface area contributed by atoms with Gasteiger partial charge in [0.05, 0.1) is 24.4 Å². The molecule has 0 unspecified atom stereocenters. The van der Waals surface area contributed by atoms with Gasteiger partial charge in [-0.15, -0.1) is 0 Å². The lowest BCUT2D eigenvalue weighted by Gasteiger charge is -2.43. The Balaban J connectivity index is 1.86. The number of aliphatic hydroxyl groups is 1. The van der Waals surface area contributed by atoms with Crippen molar-refractivity contribution in [2.45, 2.75) is 64.3 Å². The number of fused-ring (bicyclic) bond motifs is 4. The van der Waals surface area contributed by atoms with Gasteiger partial charge in [-0.1, -0.05) is 6.92 Å². The SMILES string of the molecule is C[C@@H]1C[C@@H]2C[C@H](NC(=O)OC(C)(C)C)[C@@H]([C@@H]1O)N(C(=O)c1ccc(F)cn1)C2. The number of amides is 2. The number of ether oxygens (including phenoxy) is 1. The molecule has 3 fully saturated rings.